The Balaban J connectivity index is -0.0000000516. The summed E-state index contributed by atoms with van der Waals surface area (Å²) in [6, 6.07) is 0. The summed E-state index contributed by atoms with van der Waals surface area (Å²) in [7, 11) is -20.8. The van der Waals surface area contributed by atoms with Crippen molar-refractivity contribution < 1.29 is 184 Å². The van der Waals surface area contributed by atoms with Gasteiger partial charge in [-0.1, -0.05) is 0 Å². The Morgan fingerprint density at radius 1 is 0.682 bits per heavy atom. The molecule has 0 amide bonds. The minimum atomic E-state index is -5.67. The summed E-state index contributed by atoms with van der Waals surface area (Å²) < 4.78 is 56.6. The van der Waals surface area contributed by atoms with Crippen molar-refractivity contribution >= 4 is 40.8 Å². The van der Waals surface area contributed by atoms with Crippen LogP contribution in [0.5, 0.6) is 0 Å². The molecule has 0 rings (SSSR count). The Kier molecular flexibility index (Phi) is 25.6. The summed E-state index contributed by atoms with van der Waals surface area (Å²) >= 11 is 0. The van der Waals surface area contributed by atoms with Crippen LogP contribution in [0.4, 0.5) is 0 Å². The van der Waals surface area contributed by atoms with Gasteiger partial charge in [0.2, 0.25) is 0 Å². The van der Waals surface area contributed by atoms with E-state index in [1.165, 1.54) is 0 Å². The third-order valence-electron chi connectivity index (χ3n) is 0.748. The van der Waals surface area contributed by atoms with Crippen molar-refractivity contribution in [1.82, 2.24) is 0 Å². The van der Waals surface area contributed by atoms with Crippen molar-refractivity contribution in [3.8, 4) is 0 Å². The summed E-state index contributed by atoms with van der Waals surface area (Å²) in [5, 5.41) is 0. The van der Waals surface area contributed by atoms with Gasteiger partial charge in [0.05, 0.1) is 0 Å². The van der Waals surface area contributed by atoms with Crippen LogP contribution < -0.4 is 118 Å². The van der Waals surface area contributed by atoms with Crippen molar-refractivity contribution in [2.45, 2.75) is 0 Å². The molecule has 0 aromatic carbocycles. The van der Waals surface area contributed by atoms with Crippen LogP contribution in [0.25, 0.3) is 0 Å². The quantitative estimate of drug-likeness (QED) is 0.175. The topological polar surface area (TPSA) is 206 Å². The predicted octanol–water partition coefficient (Wildman–Crippen LogP) is -11.3. The molecule has 22 heavy (non-hydrogen) atoms. The number of phosphoric acid groups is 4. The molecule has 3 atom stereocenters. The molecule has 5 N–H and O–H groups in total. The number of rotatable bonds is 7. The van der Waals surface area contributed by atoms with E-state index in [9.17, 15) is 18.3 Å². The first-order valence-electron chi connectivity index (χ1n) is 3.24. The van der Waals surface area contributed by atoms with Gasteiger partial charge in [-0.3, -0.25) is 4.31 Å². The first-order chi connectivity index (χ1) is 7.68. The van der Waals surface area contributed by atoms with Crippen molar-refractivity contribution in [3.63, 3.8) is 0 Å². The fourth-order valence-electron chi connectivity index (χ4n) is 0.459. The summed E-state index contributed by atoms with van der Waals surface area (Å²) in [5.74, 6) is 0. The second-order valence-electron chi connectivity index (χ2n) is 2.25. The van der Waals surface area contributed by atoms with Crippen LogP contribution in [0.3, 0.4) is 0 Å². The zero-order chi connectivity index (χ0) is 14.8. The Labute approximate surface area is 221 Å². The molecule has 0 saturated heterocycles. The molecule has 0 fully saturated rings. The first kappa shape index (κ1) is 37.7. The van der Waals surface area contributed by atoms with Crippen LogP contribution in [-0.2, 0) is 35.5 Å². The van der Waals surface area contributed by atoms with E-state index in [2.05, 4.69) is 17.2 Å². The summed E-state index contributed by atoms with van der Waals surface area (Å²) in [6.45, 7) is 0. The van der Waals surface area contributed by atoms with Crippen molar-refractivity contribution in [3.05, 3.63) is 0 Å². The third-order valence-corrected chi connectivity index (χ3v) is 6.73. The van der Waals surface area contributed by atoms with Gasteiger partial charge in [0.15, 0.2) is 0 Å². The van der Waals surface area contributed by atoms with E-state index < -0.39 is 31.3 Å². The van der Waals surface area contributed by atoms with Crippen LogP contribution in [0.2, 0.25) is 0 Å². The molecule has 0 heterocycles. The molecule has 0 saturated carbocycles. The SMILES string of the molecule is O=P(O)(O)OP(=O)(O)OP(=O)(OP)OP(=O)(O)O.[H-].[H-].[H-].[H-].[Na+].[Na+].[Na+].[Na+]. The molecule has 118 valence electrons. The minimum Gasteiger partial charge on any atom is -1.00 e. The van der Waals surface area contributed by atoms with E-state index in [0.717, 1.165) is 9.47 Å². The van der Waals surface area contributed by atoms with Gasteiger partial charge >= 0.3 is 150 Å². The molecule has 0 aromatic heterocycles. The summed E-state index contributed by atoms with van der Waals surface area (Å²) in [5.41, 5.74) is 0. The smallest absolute Gasteiger partial charge is 1.00 e. The van der Waals surface area contributed by atoms with E-state index in [1.807, 2.05) is 0 Å². The van der Waals surface area contributed by atoms with Gasteiger partial charge in [0, 0.05) is 9.47 Å². The van der Waals surface area contributed by atoms with Gasteiger partial charge in [-0.2, -0.15) is 12.9 Å². The molecule has 0 aliphatic carbocycles. The molecule has 0 radical (unpaired) electrons. The fourth-order valence-corrected chi connectivity index (χ4v) is 5.36. The maximum absolute atomic E-state index is 11.3. The standard InChI is InChI=1S/4Na.H7O13P5.4H/c;;;;1-15(2,3)11-17(7,8)13-18(9,10-14)12-16(4,5)6;;;;/h;;;;14H2,(H,7,8)(H2,1,2,3)(H2,4,5,6);;;;/q4*+1;;4*-1. The molecule has 0 spiro atoms. The van der Waals surface area contributed by atoms with E-state index >= 15 is 0 Å². The minimum absolute atomic E-state index is 0. The summed E-state index contributed by atoms with van der Waals surface area (Å²) in [4.78, 5) is 41.7. The molecule has 3 unspecified atom stereocenters. The van der Waals surface area contributed by atoms with Crippen LogP contribution >= 0.6 is 40.8 Å². The largest absolute Gasteiger partial charge is 1.00 e. The van der Waals surface area contributed by atoms with Crippen LogP contribution in [-0.4, -0.2) is 24.5 Å². The van der Waals surface area contributed by atoms with Gasteiger partial charge < -0.3 is 30.2 Å². The maximum Gasteiger partial charge on any atom is 1.00 e. The maximum atomic E-state index is 11.3. The molecule has 0 aromatic rings. The molecule has 22 heteroatoms. The van der Waals surface area contributed by atoms with E-state index in [4.69, 9.17) is 24.5 Å². The van der Waals surface area contributed by atoms with Crippen molar-refractivity contribution in [1.29, 1.82) is 0 Å². The number of hydrogen-bond acceptors (Lipinski definition) is 8. The van der Waals surface area contributed by atoms with Gasteiger partial charge in [0.25, 0.3) is 0 Å². The van der Waals surface area contributed by atoms with Gasteiger partial charge in [-0.25, -0.2) is 18.3 Å². The Hall–Kier alpha value is 4.99. The van der Waals surface area contributed by atoms with Crippen LogP contribution in [0.1, 0.15) is 5.71 Å². The Morgan fingerprint density at radius 3 is 1.23 bits per heavy atom. The Morgan fingerprint density at radius 2 is 1.00 bits per heavy atom. The molecule has 13 nitrogen and oxygen atoms in total. The Bertz CT molecular complexity index is 491. The van der Waals surface area contributed by atoms with E-state index in [1.54, 1.807) is 0 Å². The predicted molar refractivity (Wildman–Crippen MR) is 60.0 cm³/mol. The van der Waals surface area contributed by atoms with Crippen LogP contribution in [0, 0.1) is 0 Å². The van der Waals surface area contributed by atoms with Gasteiger partial charge in [0.1, 0.15) is 0 Å². The van der Waals surface area contributed by atoms with E-state index in [-0.39, 0.29) is 124 Å². The second kappa shape index (κ2) is 14.9. The molecule has 0 bridgehead atoms. The van der Waals surface area contributed by atoms with Crippen molar-refractivity contribution in [2.75, 3.05) is 0 Å². The average molecular weight is 466 g/mol. The monoisotopic (exact) mass is 466 g/mol. The normalized spacial score (nSPS) is 16.5. The average Bonchev–Trinajstić information content (AvgIpc) is 1.93. The fraction of sp³-hybridized carbons (Fsp3) is 0. The van der Waals surface area contributed by atoms with Crippen molar-refractivity contribution in [2.24, 2.45) is 0 Å². The molecular formula is H11Na4O13P5. The molecular weight excluding hydrogens is 455 g/mol. The zero-order valence-electron chi connectivity index (χ0n) is 15.9. The first-order valence-corrected chi connectivity index (χ1v) is 9.73. The van der Waals surface area contributed by atoms with Crippen LogP contribution in [0.15, 0.2) is 0 Å². The zero-order valence-corrected chi connectivity index (χ0v) is 24.6. The van der Waals surface area contributed by atoms with Gasteiger partial charge in [-0.05, 0) is 0 Å². The molecule has 0 aliphatic rings. The third kappa shape index (κ3) is 21.3. The van der Waals surface area contributed by atoms with Gasteiger partial charge in [-0.15, -0.1) is 0 Å². The second-order valence-corrected chi connectivity index (χ2v) is 8.84. The van der Waals surface area contributed by atoms with E-state index in [0.29, 0.717) is 0 Å². The number of hydrogen-bond donors (Lipinski definition) is 5. The summed E-state index contributed by atoms with van der Waals surface area (Å²) in [6.07, 6.45) is 0. The molecule has 0 aliphatic heterocycles.